The molecule has 0 saturated heterocycles. The Morgan fingerprint density at radius 3 is 2.32 bits per heavy atom. The molecule has 1 aliphatic heterocycles. The second-order valence-corrected chi connectivity index (χ2v) is 10.00. The lowest BCUT2D eigenvalue weighted by molar-refractivity contribution is -0.261. The van der Waals surface area contributed by atoms with Crippen LogP contribution >= 0.6 is 22.9 Å². The first kappa shape index (κ1) is 26.8. The first-order valence-corrected chi connectivity index (χ1v) is 12.3. The van der Waals surface area contributed by atoms with E-state index in [1.54, 1.807) is 38.4 Å². The predicted molar refractivity (Wildman–Crippen MR) is 134 cm³/mol. The summed E-state index contributed by atoms with van der Waals surface area (Å²) in [5.41, 5.74) is -2.43. The lowest BCUT2D eigenvalue weighted by Gasteiger charge is -2.36. The van der Waals surface area contributed by atoms with Crippen LogP contribution in [0.2, 0.25) is 5.02 Å². The summed E-state index contributed by atoms with van der Waals surface area (Å²) in [6, 6.07) is 11.3. The smallest absolute Gasteiger partial charge is 0.369 e. The Balaban J connectivity index is 1.52. The van der Waals surface area contributed by atoms with Crippen molar-refractivity contribution in [3.8, 4) is 10.6 Å². The van der Waals surface area contributed by atoms with E-state index < -0.39 is 23.2 Å². The van der Waals surface area contributed by atoms with E-state index in [1.165, 1.54) is 34.4 Å². The van der Waals surface area contributed by atoms with Crippen molar-refractivity contribution < 1.29 is 27.9 Å². The Bertz CT molecular complexity index is 1360. The fourth-order valence-electron chi connectivity index (χ4n) is 3.90. The molecule has 1 aliphatic rings. The zero-order valence-corrected chi connectivity index (χ0v) is 21.4. The van der Waals surface area contributed by atoms with Crippen LogP contribution in [0.3, 0.4) is 0 Å². The van der Waals surface area contributed by atoms with Crippen LogP contribution in [0.25, 0.3) is 16.1 Å². The second-order valence-electron chi connectivity index (χ2n) is 8.61. The molecule has 1 aromatic heterocycles. The van der Waals surface area contributed by atoms with E-state index in [1.807, 2.05) is 0 Å². The normalized spacial score (nSPS) is 15.6. The van der Waals surface area contributed by atoms with Gasteiger partial charge >= 0.3 is 6.18 Å². The van der Waals surface area contributed by atoms with Gasteiger partial charge in [-0.2, -0.15) is 13.2 Å². The maximum absolute atomic E-state index is 13.9. The number of hydrogen-bond acceptors (Lipinski definition) is 6. The van der Waals surface area contributed by atoms with Crippen molar-refractivity contribution in [3.05, 3.63) is 75.8 Å². The maximum atomic E-state index is 13.9. The molecule has 2 aromatic carbocycles. The first-order chi connectivity index (χ1) is 17.4. The van der Waals surface area contributed by atoms with E-state index in [2.05, 4.69) is 10.2 Å². The van der Waals surface area contributed by atoms with Crippen molar-refractivity contribution >= 4 is 40.3 Å². The summed E-state index contributed by atoms with van der Waals surface area (Å²) in [6.07, 6.45) is -3.35. The molecule has 2 heterocycles. The number of alkyl halides is 3. The highest BCUT2D eigenvalue weighted by Gasteiger charge is 2.62. The average Bonchev–Trinajstić information content (AvgIpc) is 3.37. The Labute approximate surface area is 219 Å². The van der Waals surface area contributed by atoms with Gasteiger partial charge in [0.1, 0.15) is 10.0 Å². The van der Waals surface area contributed by atoms with Gasteiger partial charge in [0.15, 0.2) is 0 Å². The molecule has 3 aromatic rings. The molecule has 2 amide bonds. The van der Waals surface area contributed by atoms with Crippen LogP contribution in [0.15, 0.2) is 54.6 Å². The van der Waals surface area contributed by atoms with E-state index >= 15 is 0 Å². The number of nitrogens with zero attached hydrogens (tertiary/aromatic N) is 4. The van der Waals surface area contributed by atoms with Gasteiger partial charge in [-0.15, -0.1) is 10.2 Å². The molecule has 1 unspecified atom stereocenters. The number of benzene rings is 2. The van der Waals surface area contributed by atoms with Gasteiger partial charge in [-0.25, -0.2) is 0 Å². The molecular formula is C25H22ClF3N4O3S. The number of amides is 2. The third kappa shape index (κ3) is 5.11. The zero-order valence-electron chi connectivity index (χ0n) is 19.8. The predicted octanol–water partition coefficient (Wildman–Crippen LogP) is 4.63. The monoisotopic (exact) mass is 550 g/mol. The molecule has 4 rings (SSSR count). The number of carbonyl (C=O) groups is 2. The third-order valence-corrected chi connectivity index (χ3v) is 7.32. The van der Waals surface area contributed by atoms with Crippen LogP contribution in [0.1, 0.15) is 27.3 Å². The summed E-state index contributed by atoms with van der Waals surface area (Å²) in [5.74, 6) is -1.66. The molecule has 37 heavy (non-hydrogen) atoms. The molecule has 0 bridgehead atoms. The SMILES string of the molecule is CN(C)C(=O)c1ccc(-c2nnc(C3=CCN(C(=O)C(O)(c4ccccc4)C(F)(F)F)CC3)s2)cc1Cl. The summed E-state index contributed by atoms with van der Waals surface area (Å²) in [7, 11) is 3.25. The number of rotatable bonds is 5. The van der Waals surface area contributed by atoms with Gasteiger partial charge in [0, 0.05) is 38.3 Å². The highest BCUT2D eigenvalue weighted by Crippen LogP contribution is 2.41. The number of halogens is 4. The fourth-order valence-corrected chi connectivity index (χ4v) is 5.07. The van der Waals surface area contributed by atoms with Gasteiger partial charge in [-0.3, -0.25) is 9.59 Å². The van der Waals surface area contributed by atoms with E-state index in [0.29, 0.717) is 21.1 Å². The molecule has 0 fully saturated rings. The van der Waals surface area contributed by atoms with Crippen molar-refractivity contribution in [1.29, 1.82) is 0 Å². The molecule has 0 aliphatic carbocycles. The van der Waals surface area contributed by atoms with Gasteiger partial charge in [-0.1, -0.05) is 65.4 Å². The van der Waals surface area contributed by atoms with Crippen LogP contribution < -0.4 is 0 Å². The van der Waals surface area contributed by atoms with Crippen LogP contribution in [-0.2, 0) is 10.4 Å². The van der Waals surface area contributed by atoms with E-state index in [0.717, 1.165) is 22.6 Å². The molecule has 0 saturated carbocycles. The molecule has 0 radical (unpaired) electrons. The standard InChI is InChI=1S/C25H22ClF3N4O3S/c1-32(2)22(34)18-9-8-16(14-19(18)26)21-31-30-20(37-21)15-10-12-33(13-11-15)23(35)24(36,25(27,28)29)17-6-4-3-5-7-17/h3-10,14,36H,11-13H2,1-2H3. The Hall–Kier alpha value is -3.28. The van der Waals surface area contributed by atoms with Crippen molar-refractivity contribution in [2.45, 2.75) is 18.2 Å². The first-order valence-electron chi connectivity index (χ1n) is 11.1. The summed E-state index contributed by atoms with van der Waals surface area (Å²) < 4.78 is 41.6. The molecule has 194 valence electrons. The number of hydrogen-bond donors (Lipinski definition) is 1. The Morgan fingerprint density at radius 2 is 1.76 bits per heavy atom. The average molecular weight is 551 g/mol. The van der Waals surface area contributed by atoms with E-state index in [4.69, 9.17) is 11.6 Å². The van der Waals surface area contributed by atoms with Crippen molar-refractivity contribution in [2.75, 3.05) is 27.2 Å². The lowest BCUT2D eigenvalue weighted by atomic mass is 9.90. The summed E-state index contributed by atoms with van der Waals surface area (Å²) in [5, 5.41) is 20.3. The molecular weight excluding hydrogens is 529 g/mol. The van der Waals surface area contributed by atoms with Crippen molar-refractivity contribution in [1.82, 2.24) is 20.0 Å². The minimum atomic E-state index is -5.20. The number of aliphatic hydroxyl groups is 1. The quantitative estimate of drug-likeness (QED) is 0.501. The van der Waals surface area contributed by atoms with Crippen LogP contribution in [0, 0.1) is 0 Å². The highest BCUT2D eigenvalue weighted by molar-refractivity contribution is 7.15. The lowest BCUT2D eigenvalue weighted by Crippen LogP contribution is -2.56. The van der Waals surface area contributed by atoms with E-state index in [9.17, 15) is 27.9 Å². The molecule has 12 heteroatoms. The van der Waals surface area contributed by atoms with E-state index in [-0.39, 0.29) is 30.4 Å². The van der Waals surface area contributed by atoms with Gasteiger partial charge in [-0.05, 0) is 24.1 Å². The minimum Gasteiger partial charge on any atom is -0.369 e. The van der Waals surface area contributed by atoms with Gasteiger partial charge in [0.05, 0.1) is 10.6 Å². The number of carbonyl (C=O) groups excluding carboxylic acids is 2. The Kier molecular flexibility index (Phi) is 7.40. The summed E-state index contributed by atoms with van der Waals surface area (Å²) in [4.78, 5) is 27.5. The Morgan fingerprint density at radius 1 is 1.08 bits per heavy atom. The van der Waals surface area contributed by atoms with Crippen LogP contribution in [0.5, 0.6) is 0 Å². The maximum Gasteiger partial charge on any atom is 0.430 e. The molecule has 0 spiro atoms. The minimum absolute atomic E-state index is 0.0298. The van der Waals surface area contributed by atoms with Crippen LogP contribution in [-0.4, -0.2) is 70.3 Å². The second kappa shape index (κ2) is 10.2. The highest BCUT2D eigenvalue weighted by atomic mass is 35.5. The number of aromatic nitrogens is 2. The van der Waals surface area contributed by atoms with Crippen molar-refractivity contribution in [2.24, 2.45) is 0 Å². The zero-order chi connectivity index (χ0) is 27.0. The summed E-state index contributed by atoms with van der Waals surface area (Å²) in [6.45, 7) is -0.153. The fraction of sp³-hybridized carbons (Fsp3) is 0.280. The largest absolute Gasteiger partial charge is 0.430 e. The van der Waals surface area contributed by atoms with Gasteiger partial charge in [0.25, 0.3) is 17.4 Å². The molecule has 1 atom stereocenters. The third-order valence-electron chi connectivity index (χ3n) is 5.96. The van der Waals surface area contributed by atoms with Gasteiger partial charge in [0.2, 0.25) is 0 Å². The summed E-state index contributed by atoms with van der Waals surface area (Å²) >= 11 is 7.55. The van der Waals surface area contributed by atoms with Gasteiger partial charge < -0.3 is 14.9 Å². The molecule has 1 N–H and O–H groups in total. The molecule has 7 nitrogen and oxygen atoms in total. The van der Waals surface area contributed by atoms with Crippen molar-refractivity contribution in [3.63, 3.8) is 0 Å². The van der Waals surface area contributed by atoms with Crippen LogP contribution in [0.4, 0.5) is 13.2 Å². The topological polar surface area (TPSA) is 86.6 Å².